The summed E-state index contributed by atoms with van der Waals surface area (Å²) in [6, 6.07) is 7.56. The third kappa shape index (κ3) is 3.83. The van der Waals surface area contributed by atoms with Gasteiger partial charge in [0.25, 0.3) is 0 Å². The van der Waals surface area contributed by atoms with Crippen molar-refractivity contribution < 1.29 is 19.8 Å². The molecule has 2 aliphatic carbocycles. The topological polar surface area (TPSA) is 74.6 Å². The number of Topliss-reactive ketones (excluding diaryl/α,β-unsaturated/α-hetero) is 2. The van der Waals surface area contributed by atoms with Crippen LogP contribution in [0.25, 0.3) is 0 Å². The first-order valence-electron chi connectivity index (χ1n) is 10.6. The molecule has 1 saturated carbocycles. The highest BCUT2D eigenvalue weighted by Crippen LogP contribution is 2.60. The molecule has 0 amide bonds. The van der Waals surface area contributed by atoms with E-state index in [1.807, 2.05) is 18.2 Å². The fourth-order valence-electron chi connectivity index (χ4n) is 5.28. The summed E-state index contributed by atoms with van der Waals surface area (Å²) in [5.74, 6) is -0.290. The molecule has 162 valence electrons. The molecule has 0 heterocycles. The Morgan fingerprint density at radius 2 is 1.43 bits per heavy atom. The molecule has 0 aliphatic heterocycles. The van der Waals surface area contributed by atoms with Crippen molar-refractivity contribution >= 4 is 11.6 Å². The first kappa shape index (κ1) is 22.6. The number of ketones is 2. The molecule has 0 spiro atoms. The molecule has 0 radical (unpaired) electrons. The van der Waals surface area contributed by atoms with Crippen LogP contribution in [-0.4, -0.2) is 33.0 Å². The molecule has 4 heteroatoms. The molecule has 2 aliphatic rings. The van der Waals surface area contributed by atoms with E-state index in [0.29, 0.717) is 17.6 Å². The van der Waals surface area contributed by atoms with Gasteiger partial charge in [0.1, 0.15) is 11.2 Å². The zero-order valence-electron chi connectivity index (χ0n) is 19.2. The van der Waals surface area contributed by atoms with E-state index in [1.165, 1.54) is 33.3 Å². The SMILES string of the molecule is CC(C)(O)C(=O)C1=CC=C2C(C1)C(C)(C)CC2(C)c1ccc(C(=O)C(C)(C)O)cc1. The summed E-state index contributed by atoms with van der Waals surface area (Å²) in [7, 11) is 0. The molecule has 1 fully saturated rings. The molecular weight excluding hydrogens is 376 g/mol. The van der Waals surface area contributed by atoms with E-state index in [-0.39, 0.29) is 28.3 Å². The Morgan fingerprint density at radius 1 is 0.900 bits per heavy atom. The molecule has 30 heavy (non-hydrogen) atoms. The van der Waals surface area contributed by atoms with Crippen LogP contribution in [0, 0.1) is 11.3 Å². The Labute approximate surface area is 179 Å². The molecule has 2 N–H and O–H groups in total. The van der Waals surface area contributed by atoms with Gasteiger partial charge in [0, 0.05) is 11.0 Å². The van der Waals surface area contributed by atoms with Crippen molar-refractivity contribution in [1.29, 1.82) is 0 Å². The minimum atomic E-state index is -1.40. The van der Waals surface area contributed by atoms with E-state index >= 15 is 0 Å². The van der Waals surface area contributed by atoms with E-state index in [9.17, 15) is 19.8 Å². The number of aliphatic hydroxyl groups is 2. The normalized spacial score (nSPS) is 26.0. The van der Waals surface area contributed by atoms with Crippen LogP contribution in [-0.2, 0) is 10.2 Å². The lowest BCUT2D eigenvalue weighted by molar-refractivity contribution is -0.130. The van der Waals surface area contributed by atoms with Crippen LogP contribution in [0.3, 0.4) is 0 Å². The third-order valence-electron chi connectivity index (χ3n) is 6.84. The lowest BCUT2D eigenvalue weighted by atomic mass is 9.72. The molecular formula is C26H34O4. The predicted octanol–water partition coefficient (Wildman–Crippen LogP) is 4.54. The van der Waals surface area contributed by atoms with Gasteiger partial charge in [-0.25, -0.2) is 0 Å². The maximum Gasteiger partial charge on any atom is 0.193 e. The highest BCUT2D eigenvalue weighted by Gasteiger charge is 2.52. The van der Waals surface area contributed by atoms with E-state index < -0.39 is 11.2 Å². The van der Waals surface area contributed by atoms with Crippen LogP contribution >= 0.6 is 0 Å². The molecule has 3 rings (SSSR count). The van der Waals surface area contributed by atoms with Crippen LogP contribution in [0.4, 0.5) is 0 Å². The monoisotopic (exact) mass is 410 g/mol. The Morgan fingerprint density at radius 3 is 1.93 bits per heavy atom. The number of fused-ring (bicyclic) bond motifs is 1. The molecule has 2 atom stereocenters. The number of carbonyl (C=O) groups excluding carboxylic acids is 2. The molecule has 1 aromatic carbocycles. The van der Waals surface area contributed by atoms with Gasteiger partial charge in [0.2, 0.25) is 0 Å². The zero-order chi connectivity index (χ0) is 22.7. The fourth-order valence-corrected chi connectivity index (χ4v) is 5.28. The molecule has 0 bridgehead atoms. The standard InChI is InChI=1S/C26H34O4/c1-23(2)15-26(7,18-11-8-16(9-12-18)21(27)24(3,4)29)19-13-10-17(14-20(19)23)22(28)25(5,6)30/h8-13,20,29-30H,14-15H2,1-7H3. The number of rotatable bonds is 5. The number of allylic oxidation sites excluding steroid dienone is 3. The van der Waals surface area contributed by atoms with E-state index in [2.05, 4.69) is 26.8 Å². The van der Waals surface area contributed by atoms with Gasteiger partial charge in [-0.3, -0.25) is 9.59 Å². The zero-order valence-corrected chi connectivity index (χ0v) is 19.2. The second kappa shape index (κ2) is 7.00. The third-order valence-corrected chi connectivity index (χ3v) is 6.84. The smallest absolute Gasteiger partial charge is 0.193 e. The van der Waals surface area contributed by atoms with Crippen LogP contribution in [0.2, 0.25) is 0 Å². The Balaban J connectivity index is 2.00. The molecule has 2 unspecified atom stereocenters. The first-order valence-corrected chi connectivity index (χ1v) is 10.6. The summed E-state index contributed by atoms with van der Waals surface area (Å²) in [5, 5.41) is 20.2. The Bertz CT molecular complexity index is 933. The summed E-state index contributed by atoms with van der Waals surface area (Å²) >= 11 is 0. The summed E-state index contributed by atoms with van der Waals surface area (Å²) in [6.45, 7) is 12.8. The maximum atomic E-state index is 12.6. The van der Waals surface area contributed by atoms with Crippen molar-refractivity contribution in [1.82, 2.24) is 0 Å². The van der Waals surface area contributed by atoms with Gasteiger partial charge < -0.3 is 10.2 Å². The number of hydrogen-bond acceptors (Lipinski definition) is 4. The van der Waals surface area contributed by atoms with Gasteiger partial charge in [-0.15, -0.1) is 0 Å². The van der Waals surface area contributed by atoms with Crippen molar-refractivity contribution in [2.45, 2.75) is 77.9 Å². The number of benzene rings is 1. The minimum absolute atomic E-state index is 0.0123. The summed E-state index contributed by atoms with van der Waals surface area (Å²) in [5.41, 5.74) is 0.617. The van der Waals surface area contributed by atoms with Crippen molar-refractivity contribution in [3.63, 3.8) is 0 Å². The van der Waals surface area contributed by atoms with Crippen LogP contribution < -0.4 is 0 Å². The Kier molecular flexibility index (Phi) is 5.28. The van der Waals surface area contributed by atoms with Crippen LogP contribution in [0.1, 0.15) is 77.2 Å². The predicted molar refractivity (Wildman–Crippen MR) is 118 cm³/mol. The highest BCUT2D eigenvalue weighted by atomic mass is 16.3. The molecule has 0 saturated heterocycles. The van der Waals surface area contributed by atoms with Crippen LogP contribution in [0.15, 0.2) is 47.6 Å². The summed E-state index contributed by atoms with van der Waals surface area (Å²) < 4.78 is 0. The van der Waals surface area contributed by atoms with Gasteiger partial charge in [-0.2, -0.15) is 0 Å². The average molecular weight is 411 g/mol. The minimum Gasteiger partial charge on any atom is -0.382 e. The van der Waals surface area contributed by atoms with E-state index in [4.69, 9.17) is 0 Å². The largest absolute Gasteiger partial charge is 0.382 e. The van der Waals surface area contributed by atoms with Crippen molar-refractivity contribution in [3.8, 4) is 0 Å². The van der Waals surface area contributed by atoms with Gasteiger partial charge in [0.15, 0.2) is 11.6 Å². The van der Waals surface area contributed by atoms with E-state index in [1.54, 1.807) is 12.1 Å². The van der Waals surface area contributed by atoms with Crippen molar-refractivity contribution in [3.05, 3.63) is 58.7 Å². The van der Waals surface area contributed by atoms with Crippen LogP contribution in [0.5, 0.6) is 0 Å². The van der Waals surface area contributed by atoms with Crippen molar-refractivity contribution in [2.24, 2.45) is 11.3 Å². The van der Waals surface area contributed by atoms with Gasteiger partial charge >= 0.3 is 0 Å². The summed E-state index contributed by atoms with van der Waals surface area (Å²) in [6.07, 6.45) is 5.50. The average Bonchev–Trinajstić information content (AvgIpc) is 2.85. The molecule has 4 nitrogen and oxygen atoms in total. The van der Waals surface area contributed by atoms with Crippen molar-refractivity contribution in [2.75, 3.05) is 0 Å². The number of hydrogen-bond donors (Lipinski definition) is 2. The summed E-state index contributed by atoms with van der Waals surface area (Å²) in [4.78, 5) is 25.0. The second-order valence-electron chi connectivity index (χ2n) is 10.9. The highest BCUT2D eigenvalue weighted by molar-refractivity contribution is 6.02. The molecule has 0 aromatic heterocycles. The Hall–Kier alpha value is -2.04. The lowest BCUT2D eigenvalue weighted by Crippen LogP contribution is -2.34. The quantitative estimate of drug-likeness (QED) is 0.699. The first-order chi connectivity index (χ1) is 13.6. The molecule has 1 aromatic rings. The van der Waals surface area contributed by atoms with Gasteiger partial charge in [-0.1, -0.05) is 62.8 Å². The maximum absolute atomic E-state index is 12.6. The number of carbonyl (C=O) groups is 2. The lowest BCUT2D eigenvalue weighted by Gasteiger charge is -2.32. The second-order valence-corrected chi connectivity index (χ2v) is 10.9. The fraction of sp³-hybridized carbons (Fsp3) is 0.538. The van der Waals surface area contributed by atoms with E-state index in [0.717, 1.165) is 12.0 Å². The van der Waals surface area contributed by atoms with Gasteiger partial charge in [-0.05, 0) is 63.0 Å². The van der Waals surface area contributed by atoms with Gasteiger partial charge in [0.05, 0.1) is 0 Å².